The van der Waals surface area contributed by atoms with Gasteiger partial charge in [0, 0.05) is 40.4 Å². The Morgan fingerprint density at radius 2 is 1.92 bits per heavy atom. The van der Waals surface area contributed by atoms with Crippen LogP contribution in [0.15, 0.2) is 47.2 Å². The van der Waals surface area contributed by atoms with Crippen LogP contribution in [0.4, 0.5) is 5.82 Å². The molecule has 6 nitrogen and oxygen atoms in total. The summed E-state index contributed by atoms with van der Waals surface area (Å²) in [6, 6.07) is 8.21. The summed E-state index contributed by atoms with van der Waals surface area (Å²) < 4.78 is 5.59. The Kier molecular flexibility index (Phi) is 4.85. The van der Waals surface area contributed by atoms with Gasteiger partial charge in [0.25, 0.3) is 5.91 Å². The first-order chi connectivity index (χ1) is 12.0. The normalized spacial score (nSPS) is 10.7. The van der Waals surface area contributed by atoms with Gasteiger partial charge in [-0.05, 0) is 47.1 Å². The first kappa shape index (κ1) is 17.2. The monoisotopic (exact) mass is 401 g/mol. The van der Waals surface area contributed by atoms with E-state index in [1.807, 2.05) is 19.2 Å². The number of fused-ring (bicyclic) bond motifs is 1. The van der Waals surface area contributed by atoms with Crippen LogP contribution in [-0.2, 0) is 4.74 Å². The van der Waals surface area contributed by atoms with Gasteiger partial charge in [-0.3, -0.25) is 9.69 Å². The molecule has 0 spiro atoms. The number of aromatic amines is 1. The van der Waals surface area contributed by atoms with Gasteiger partial charge in [0.1, 0.15) is 5.82 Å². The van der Waals surface area contributed by atoms with Gasteiger partial charge in [-0.15, -0.1) is 0 Å². The van der Waals surface area contributed by atoms with Crippen molar-refractivity contribution in [2.24, 2.45) is 0 Å². The number of ether oxygens (including phenoxy) is 1. The van der Waals surface area contributed by atoms with E-state index in [1.54, 1.807) is 35.4 Å². The van der Waals surface area contributed by atoms with E-state index in [2.05, 4.69) is 30.6 Å². The average Bonchev–Trinajstić information content (AvgIpc) is 3.02. The largest absolute Gasteiger partial charge is 0.465 e. The van der Waals surface area contributed by atoms with Crippen LogP contribution < -0.4 is 4.90 Å². The van der Waals surface area contributed by atoms with Crippen LogP contribution in [-0.4, -0.2) is 35.5 Å². The maximum atomic E-state index is 12.8. The highest BCUT2D eigenvalue weighted by Gasteiger charge is 2.18. The van der Waals surface area contributed by atoms with Crippen molar-refractivity contribution in [1.82, 2.24) is 9.97 Å². The fourth-order valence-corrected chi connectivity index (χ4v) is 2.98. The molecule has 1 amide bonds. The first-order valence-electron chi connectivity index (χ1n) is 7.68. The maximum Gasteiger partial charge on any atom is 0.337 e. The van der Waals surface area contributed by atoms with Gasteiger partial charge in [0.05, 0.1) is 18.2 Å². The molecular weight excluding hydrogens is 386 g/mol. The van der Waals surface area contributed by atoms with Gasteiger partial charge in [0.2, 0.25) is 0 Å². The predicted octanol–water partition coefficient (Wildman–Crippen LogP) is 3.78. The third kappa shape index (κ3) is 3.28. The molecule has 0 aliphatic heterocycles. The van der Waals surface area contributed by atoms with E-state index in [-0.39, 0.29) is 5.91 Å². The highest BCUT2D eigenvalue weighted by molar-refractivity contribution is 9.10. The van der Waals surface area contributed by atoms with Crippen molar-refractivity contribution in [2.45, 2.75) is 6.92 Å². The molecule has 128 valence electrons. The van der Waals surface area contributed by atoms with Crippen LogP contribution in [0, 0.1) is 0 Å². The van der Waals surface area contributed by atoms with Crippen LogP contribution >= 0.6 is 15.9 Å². The van der Waals surface area contributed by atoms with Crippen molar-refractivity contribution in [3.63, 3.8) is 0 Å². The number of halogens is 1. The molecule has 2 heterocycles. The number of pyridine rings is 1. The van der Waals surface area contributed by atoms with Gasteiger partial charge < -0.3 is 9.72 Å². The first-order valence-corrected chi connectivity index (χ1v) is 8.47. The third-order valence-electron chi connectivity index (χ3n) is 3.89. The number of hydrogen-bond acceptors (Lipinski definition) is 4. The Morgan fingerprint density at radius 3 is 2.56 bits per heavy atom. The molecule has 2 aromatic heterocycles. The number of rotatable bonds is 4. The van der Waals surface area contributed by atoms with Crippen molar-refractivity contribution in [3.8, 4) is 0 Å². The Morgan fingerprint density at radius 1 is 1.24 bits per heavy atom. The molecule has 1 aromatic carbocycles. The summed E-state index contributed by atoms with van der Waals surface area (Å²) >= 11 is 3.45. The molecule has 0 atom stereocenters. The second-order valence-electron chi connectivity index (χ2n) is 5.34. The lowest BCUT2D eigenvalue weighted by atomic mass is 10.1. The lowest BCUT2D eigenvalue weighted by Crippen LogP contribution is -2.31. The van der Waals surface area contributed by atoms with Gasteiger partial charge in [-0.25, -0.2) is 9.78 Å². The summed E-state index contributed by atoms with van der Waals surface area (Å²) in [7, 11) is 1.32. The number of carbonyl (C=O) groups is 2. The SMILES string of the molecule is CCN(C(=O)c1ccc(C(=O)OC)cc1)c1cc2[nH]cc(Br)c2cn1. The molecule has 0 radical (unpaired) electrons. The molecule has 0 fully saturated rings. The number of hydrogen-bond donors (Lipinski definition) is 1. The molecule has 25 heavy (non-hydrogen) atoms. The van der Waals surface area contributed by atoms with Crippen molar-refractivity contribution in [1.29, 1.82) is 0 Å². The average molecular weight is 402 g/mol. The zero-order chi connectivity index (χ0) is 18.0. The van der Waals surface area contributed by atoms with E-state index in [0.29, 0.717) is 23.5 Å². The minimum absolute atomic E-state index is 0.184. The number of anilines is 1. The number of carbonyl (C=O) groups excluding carboxylic acids is 2. The fourth-order valence-electron chi connectivity index (χ4n) is 2.55. The zero-order valence-corrected chi connectivity index (χ0v) is 15.3. The molecule has 0 saturated carbocycles. The lowest BCUT2D eigenvalue weighted by molar-refractivity contribution is 0.0600. The summed E-state index contributed by atoms with van der Waals surface area (Å²) in [4.78, 5) is 33.4. The Bertz CT molecular complexity index is 934. The molecule has 3 rings (SSSR count). The summed E-state index contributed by atoms with van der Waals surface area (Å²) in [5.41, 5.74) is 1.77. The Hall–Kier alpha value is -2.67. The lowest BCUT2D eigenvalue weighted by Gasteiger charge is -2.20. The van der Waals surface area contributed by atoms with Crippen LogP contribution in [0.25, 0.3) is 10.9 Å². The number of nitrogens with zero attached hydrogens (tertiary/aromatic N) is 2. The molecule has 3 aromatic rings. The summed E-state index contributed by atoms with van der Waals surface area (Å²) in [6.45, 7) is 2.36. The summed E-state index contributed by atoms with van der Waals surface area (Å²) in [5, 5.41) is 0.953. The molecular formula is C18H16BrN3O3. The zero-order valence-electron chi connectivity index (χ0n) is 13.7. The minimum atomic E-state index is -0.434. The second kappa shape index (κ2) is 7.06. The highest BCUT2D eigenvalue weighted by Crippen LogP contribution is 2.26. The van der Waals surface area contributed by atoms with Crippen LogP contribution in [0.1, 0.15) is 27.6 Å². The second-order valence-corrected chi connectivity index (χ2v) is 6.20. The maximum absolute atomic E-state index is 12.8. The molecule has 0 aliphatic carbocycles. The van der Waals surface area contributed by atoms with Crippen LogP contribution in [0.3, 0.4) is 0 Å². The quantitative estimate of drug-likeness (QED) is 0.674. The number of nitrogens with one attached hydrogen (secondary N) is 1. The number of H-pyrrole nitrogens is 1. The molecule has 0 bridgehead atoms. The Balaban J connectivity index is 1.90. The summed E-state index contributed by atoms with van der Waals surface area (Å²) in [6.07, 6.45) is 3.56. The number of aromatic nitrogens is 2. The van der Waals surface area contributed by atoms with Crippen molar-refractivity contribution in [3.05, 3.63) is 58.3 Å². The standard InChI is InChI=1S/C18H16BrN3O3/c1-3-22(16-8-15-13(9-21-16)14(19)10-20-15)17(23)11-4-6-12(7-5-11)18(24)25-2/h4-10,20H,3H2,1-2H3. The van der Waals surface area contributed by atoms with E-state index < -0.39 is 5.97 Å². The number of esters is 1. The topological polar surface area (TPSA) is 75.3 Å². The van der Waals surface area contributed by atoms with E-state index in [9.17, 15) is 9.59 Å². The molecule has 7 heteroatoms. The third-order valence-corrected chi connectivity index (χ3v) is 4.55. The summed E-state index contributed by atoms with van der Waals surface area (Å²) in [5.74, 6) is -0.0569. The number of methoxy groups -OCH3 is 1. The van der Waals surface area contributed by atoms with Crippen molar-refractivity contribution < 1.29 is 14.3 Å². The van der Waals surface area contributed by atoms with E-state index in [0.717, 1.165) is 15.4 Å². The van der Waals surface area contributed by atoms with Crippen molar-refractivity contribution in [2.75, 3.05) is 18.6 Å². The van der Waals surface area contributed by atoms with Crippen molar-refractivity contribution >= 4 is 44.5 Å². The van der Waals surface area contributed by atoms with E-state index >= 15 is 0 Å². The predicted molar refractivity (Wildman–Crippen MR) is 98.9 cm³/mol. The van der Waals surface area contributed by atoms with Crippen LogP contribution in [0.2, 0.25) is 0 Å². The number of benzene rings is 1. The Labute approximate surface area is 152 Å². The van der Waals surface area contributed by atoms with Gasteiger partial charge in [-0.1, -0.05) is 0 Å². The highest BCUT2D eigenvalue weighted by atomic mass is 79.9. The van der Waals surface area contributed by atoms with Gasteiger partial charge >= 0.3 is 5.97 Å². The smallest absolute Gasteiger partial charge is 0.337 e. The van der Waals surface area contributed by atoms with E-state index in [4.69, 9.17) is 0 Å². The van der Waals surface area contributed by atoms with E-state index in [1.165, 1.54) is 7.11 Å². The molecule has 0 unspecified atom stereocenters. The van der Waals surface area contributed by atoms with Crippen LogP contribution in [0.5, 0.6) is 0 Å². The van der Waals surface area contributed by atoms with Gasteiger partial charge in [0.15, 0.2) is 0 Å². The number of amides is 1. The molecule has 0 aliphatic rings. The minimum Gasteiger partial charge on any atom is -0.465 e. The molecule has 0 saturated heterocycles. The van der Waals surface area contributed by atoms with Gasteiger partial charge in [-0.2, -0.15) is 0 Å². The molecule has 1 N–H and O–H groups in total. The fraction of sp³-hybridized carbons (Fsp3) is 0.167.